The molecule has 0 spiro atoms. The lowest BCUT2D eigenvalue weighted by Crippen LogP contribution is -2.12. The van der Waals surface area contributed by atoms with Crippen LogP contribution in [0.15, 0.2) is 16.7 Å². The molecule has 0 saturated heterocycles. The van der Waals surface area contributed by atoms with E-state index in [0.29, 0.717) is 18.0 Å². The lowest BCUT2D eigenvalue weighted by molar-refractivity contribution is 0.0702. The predicted molar refractivity (Wildman–Crippen MR) is 67.8 cm³/mol. The molecule has 0 aliphatic heterocycles. The van der Waals surface area contributed by atoms with Gasteiger partial charge in [0.05, 0.1) is 5.69 Å². The summed E-state index contributed by atoms with van der Waals surface area (Å²) in [5.74, 6) is -0.0897. The summed E-state index contributed by atoms with van der Waals surface area (Å²) >= 11 is 1.30. The third-order valence-corrected chi connectivity index (χ3v) is 3.61. The highest BCUT2D eigenvalue weighted by Gasteiger charge is 2.10. The van der Waals surface area contributed by atoms with Crippen LogP contribution in [0.5, 0.6) is 0 Å². The fourth-order valence-electron chi connectivity index (χ4n) is 1.63. The number of rotatable bonds is 5. The molecule has 0 unspecified atom stereocenters. The molecular formula is C12H14N2O3S. The molecule has 5 nitrogen and oxygen atoms in total. The van der Waals surface area contributed by atoms with E-state index >= 15 is 0 Å². The maximum absolute atomic E-state index is 10.8. The van der Waals surface area contributed by atoms with Gasteiger partial charge in [-0.1, -0.05) is 5.16 Å². The maximum Gasteiger partial charge on any atom is 0.345 e. The normalized spacial score (nSPS) is 10.8. The summed E-state index contributed by atoms with van der Waals surface area (Å²) in [4.78, 5) is 12.2. The highest BCUT2D eigenvalue weighted by molar-refractivity contribution is 7.14. The molecule has 6 heteroatoms. The molecule has 0 saturated carbocycles. The average Bonchev–Trinajstić information content (AvgIpc) is 2.87. The highest BCUT2D eigenvalue weighted by atomic mass is 32.1. The molecule has 0 amide bonds. The SMILES string of the molecule is Cc1cc(CNCc2cc(C(=O)O)sc2C)no1. The van der Waals surface area contributed by atoms with Crippen molar-refractivity contribution in [3.63, 3.8) is 0 Å². The zero-order valence-corrected chi connectivity index (χ0v) is 11.0. The van der Waals surface area contributed by atoms with E-state index in [2.05, 4.69) is 10.5 Å². The van der Waals surface area contributed by atoms with Crippen LogP contribution in [0.4, 0.5) is 0 Å². The van der Waals surface area contributed by atoms with Gasteiger partial charge in [0, 0.05) is 24.0 Å². The molecule has 2 aromatic rings. The Morgan fingerprint density at radius 1 is 1.44 bits per heavy atom. The average molecular weight is 266 g/mol. The van der Waals surface area contributed by atoms with E-state index < -0.39 is 5.97 Å². The second kappa shape index (κ2) is 5.32. The van der Waals surface area contributed by atoms with Crippen molar-refractivity contribution >= 4 is 17.3 Å². The van der Waals surface area contributed by atoms with Crippen molar-refractivity contribution < 1.29 is 14.4 Å². The number of carboxylic acid groups (broad SMARTS) is 1. The summed E-state index contributed by atoms with van der Waals surface area (Å²) in [6.45, 7) is 5.00. The van der Waals surface area contributed by atoms with E-state index in [9.17, 15) is 4.79 Å². The van der Waals surface area contributed by atoms with Crippen LogP contribution in [0.1, 0.15) is 31.6 Å². The number of aromatic nitrogens is 1. The summed E-state index contributed by atoms with van der Waals surface area (Å²) in [7, 11) is 0. The van der Waals surface area contributed by atoms with Gasteiger partial charge in [-0.2, -0.15) is 0 Å². The molecule has 96 valence electrons. The molecule has 0 fully saturated rings. The Bertz CT molecular complexity index is 559. The molecule has 0 aromatic carbocycles. The van der Waals surface area contributed by atoms with Crippen LogP contribution < -0.4 is 5.32 Å². The zero-order chi connectivity index (χ0) is 13.1. The van der Waals surface area contributed by atoms with Gasteiger partial charge in [0.15, 0.2) is 0 Å². The molecule has 0 atom stereocenters. The van der Waals surface area contributed by atoms with E-state index in [0.717, 1.165) is 21.9 Å². The van der Waals surface area contributed by atoms with Crippen molar-refractivity contribution in [1.29, 1.82) is 0 Å². The highest BCUT2D eigenvalue weighted by Crippen LogP contribution is 2.21. The van der Waals surface area contributed by atoms with Gasteiger partial charge in [-0.25, -0.2) is 4.79 Å². The molecule has 2 aromatic heterocycles. The second-order valence-electron chi connectivity index (χ2n) is 4.03. The van der Waals surface area contributed by atoms with E-state index in [4.69, 9.17) is 9.63 Å². The second-order valence-corrected chi connectivity index (χ2v) is 5.29. The van der Waals surface area contributed by atoms with E-state index in [-0.39, 0.29) is 0 Å². The molecule has 2 N–H and O–H groups in total. The van der Waals surface area contributed by atoms with Crippen LogP contribution in [0, 0.1) is 13.8 Å². The van der Waals surface area contributed by atoms with Gasteiger partial charge in [0.25, 0.3) is 0 Å². The van der Waals surface area contributed by atoms with Gasteiger partial charge in [0.1, 0.15) is 10.6 Å². The molecule has 0 aliphatic rings. The van der Waals surface area contributed by atoms with Crippen molar-refractivity contribution in [3.8, 4) is 0 Å². The van der Waals surface area contributed by atoms with Gasteiger partial charge in [-0.3, -0.25) is 0 Å². The Morgan fingerprint density at radius 2 is 2.22 bits per heavy atom. The number of aryl methyl sites for hydroxylation is 2. The van der Waals surface area contributed by atoms with Crippen LogP contribution in [0.25, 0.3) is 0 Å². The lowest BCUT2D eigenvalue weighted by atomic mass is 10.2. The van der Waals surface area contributed by atoms with Crippen LogP contribution in [-0.2, 0) is 13.1 Å². The van der Waals surface area contributed by atoms with Gasteiger partial charge < -0.3 is 14.9 Å². The number of nitrogens with zero attached hydrogens (tertiary/aromatic N) is 1. The van der Waals surface area contributed by atoms with Crippen LogP contribution in [-0.4, -0.2) is 16.2 Å². The molecule has 0 radical (unpaired) electrons. The first-order valence-electron chi connectivity index (χ1n) is 5.52. The Balaban J connectivity index is 1.92. The van der Waals surface area contributed by atoms with Gasteiger partial charge in [-0.15, -0.1) is 11.3 Å². The van der Waals surface area contributed by atoms with Crippen molar-refractivity contribution in [2.45, 2.75) is 26.9 Å². The Morgan fingerprint density at radius 3 is 2.78 bits per heavy atom. The molecule has 2 heterocycles. The zero-order valence-electron chi connectivity index (χ0n) is 10.2. The minimum absolute atomic E-state index is 0.376. The summed E-state index contributed by atoms with van der Waals surface area (Å²) in [6, 6.07) is 3.58. The number of carbonyl (C=O) groups is 1. The Kier molecular flexibility index (Phi) is 3.78. The number of hydrogen-bond donors (Lipinski definition) is 2. The van der Waals surface area contributed by atoms with Crippen LogP contribution >= 0.6 is 11.3 Å². The summed E-state index contributed by atoms with van der Waals surface area (Å²) in [5.41, 5.74) is 1.86. The number of nitrogens with one attached hydrogen (secondary N) is 1. The van der Waals surface area contributed by atoms with Gasteiger partial charge in [0.2, 0.25) is 0 Å². The van der Waals surface area contributed by atoms with Crippen LogP contribution in [0.2, 0.25) is 0 Å². The quantitative estimate of drug-likeness (QED) is 0.868. The largest absolute Gasteiger partial charge is 0.477 e. The number of carboxylic acids is 1. The molecule has 18 heavy (non-hydrogen) atoms. The maximum atomic E-state index is 10.8. The number of thiophene rings is 1. The monoisotopic (exact) mass is 266 g/mol. The fourth-order valence-corrected chi connectivity index (χ4v) is 2.51. The minimum Gasteiger partial charge on any atom is -0.477 e. The van der Waals surface area contributed by atoms with Crippen molar-refractivity contribution in [2.75, 3.05) is 0 Å². The van der Waals surface area contributed by atoms with E-state index in [1.54, 1.807) is 6.07 Å². The fraction of sp³-hybridized carbons (Fsp3) is 0.333. The molecule has 2 rings (SSSR count). The first kappa shape index (κ1) is 12.8. The first-order chi connectivity index (χ1) is 8.56. The summed E-state index contributed by atoms with van der Waals surface area (Å²) in [5, 5.41) is 16.0. The summed E-state index contributed by atoms with van der Waals surface area (Å²) in [6.07, 6.45) is 0. The summed E-state index contributed by atoms with van der Waals surface area (Å²) < 4.78 is 4.96. The van der Waals surface area contributed by atoms with Gasteiger partial charge >= 0.3 is 5.97 Å². The standard InChI is InChI=1S/C12H14N2O3S/c1-7-3-10(14-17-7)6-13-5-9-4-11(12(15)16)18-8(9)2/h3-4,13H,5-6H2,1-2H3,(H,15,16). The smallest absolute Gasteiger partial charge is 0.345 e. The molecule has 0 aliphatic carbocycles. The van der Waals surface area contributed by atoms with E-state index in [1.165, 1.54) is 11.3 Å². The third-order valence-electron chi connectivity index (χ3n) is 2.53. The topological polar surface area (TPSA) is 75.4 Å². The van der Waals surface area contributed by atoms with Gasteiger partial charge in [-0.05, 0) is 25.5 Å². The van der Waals surface area contributed by atoms with Crippen LogP contribution in [0.3, 0.4) is 0 Å². The third kappa shape index (κ3) is 2.96. The lowest BCUT2D eigenvalue weighted by Gasteiger charge is -2.01. The first-order valence-corrected chi connectivity index (χ1v) is 6.33. The number of aromatic carboxylic acids is 1. The van der Waals surface area contributed by atoms with E-state index in [1.807, 2.05) is 19.9 Å². The van der Waals surface area contributed by atoms with Crippen molar-refractivity contribution in [1.82, 2.24) is 10.5 Å². The Labute approximate surface area is 108 Å². The minimum atomic E-state index is -0.874. The molecular weight excluding hydrogens is 252 g/mol. The van der Waals surface area contributed by atoms with Crippen molar-refractivity contribution in [3.05, 3.63) is 38.9 Å². The predicted octanol–water partition coefficient (Wildman–Crippen LogP) is 2.34. The molecule has 0 bridgehead atoms. The Hall–Kier alpha value is -1.66. The number of hydrogen-bond acceptors (Lipinski definition) is 5. The van der Waals surface area contributed by atoms with Crippen molar-refractivity contribution in [2.24, 2.45) is 0 Å².